The minimum atomic E-state index is 0. The minimum Gasteiger partial charge on any atom is -0.500 e. The Morgan fingerprint density at radius 1 is 1.04 bits per heavy atom. The molecule has 1 fully saturated rings. The van der Waals surface area contributed by atoms with Gasteiger partial charge in [-0.15, -0.1) is 11.6 Å². The topological polar surface area (TPSA) is 15.7 Å². The van der Waals surface area contributed by atoms with Crippen molar-refractivity contribution in [3.8, 4) is 5.75 Å². The second-order valence-electron chi connectivity index (χ2n) is 6.57. The molecule has 2 aromatic rings. The summed E-state index contributed by atoms with van der Waals surface area (Å²) in [6.45, 7) is 4.39. The van der Waals surface area contributed by atoms with Crippen LogP contribution in [0.3, 0.4) is 0 Å². The Balaban J connectivity index is 0.00000169. The summed E-state index contributed by atoms with van der Waals surface area (Å²) in [6, 6.07) is 20.1. The van der Waals surface area contributed by atoms with Crippen LogP contribution in [-0.2, 0) is 32.7 Å². The molecular weight excluding hydrogens is 373 g/mol. The van der Waals surface area contributed by atoms with Gasteiger partial charge < -0.3 is 9.64 Å². The number of benzene rings is 2. The van der Waals surface area contributed by atoms with Gasteiger partial charge in [0.2, 0.25) is 0 Å². The van der Waals surface area contributed by atoms with Crippen molar-refractivity contribution < 1.29 is 37.4 Å². The Kier molecular flexibility index (Phi) is 6.09. The van der Waals surface area contributed by atoms with E-state index in [0.29, 0.717) is 5.92 Å². The zero-order chi connectivity index (χ0) is 15.6. The second kappa shape index (κ2) is 8.10. The third-order valence-electron chi connectivity index (χ3n) is 5.08. The van der Waals surface area contributed by atoms with E-state index in [-0.39, 0.29) is 38.9 Å². The number of likely N-dealkylation sites (N-methyl/N-ethyl adjacent to an activating group) is 1. The summed E-state index contributed by atoms with van der Waals surface area (Å²) in [5, 5.41) is 0. The number of ether oxygens (including phenoxy) is 1. The Hall–Kier alpha value is -0.736. The van der Waals surface area contributed by atoms with Crippen molar-refractivity contribution in [2.75, 3.05) is 33.2 Å². The molecule has 0 saturated carbocycles. The van der Waals surface area contributed by atoms with E-state index in [1.807, 2.05) is 6.07 Å². The monoisotopic (exact) mass is 396 g/mol. The van der Waals surface area contributed by atoms with E-state index in [1.54, 1.807) is 0 Å². The molecule has 0 N–H and O–H groups in total. The van der Waals surface area contributed by atoms with Crippen molar-refractivity contribution in [2.45, 2.75) is 18.6 Å². The van der Waals surface area contributed by atoms with E-state index in [2.05, 4.69) is 65.4 Å². The number of piperazine rings is 1. The predicted octanol–water partition coefficient (Wildman–Crippen LogP) is 2.97. The number of fused-ring (bicyclic) bond motifs is 1. The Labute approximate surface area is 169 Å². The van der Waals surface area contributed by atoms with Crippen LogP contribution in [0.1, 0.15) is 23.5 Å². The van der Waals surface area contributed by atoms with Crippen molar-refractivity contribution in [2.24, 2.45) is 0 Å². The fourth-order valence-corrected chi connectivity index (χ4v) is 3.67. The van der Waals surface area contributed by atoms with E-state index in [4.69, 9.17) is 4.74 Å². The van der Waals surface area contributed by atoms with Crippen LogP contribution in [0.25, 0.3) is 0 Å². The SMILES string of the molecule is CN1CCN(C2CC(c3ccccc3)c3c[c-]ccc3O2)CC1.[Y]. The Morgan fingerprint density at radius 3 is 2.54 bits per heavy atom. The van der Waals surface area contributed by atoms with Crippen LogP contribution < -0.4 is 4.74 Å². The first-order valence-electron chi connectivity index (χ1n) is 8.45. The summed E-state index contributed by atoms with van der Waals surface area (Å²) in [7, 11) is 2.19. The van der Waals surface area contributed by atoms with Gasteiger partial charge in [-0.3, -0.25) is 4.90 Å². The molecule has 2 aliphatic rings. The summed E-state index contributed by atoms with van der Waals surface area (Å²) in [5.41, 5.74) is 2.64. The molecule has 1 radical (unpaired) electrons. The van der Waals surface area contributed by atoms with Crippen LogP contribution >= 0.6 is 0 Å². The number of hydrogen-bond donors (Lipinski definition) is 0. The van der Waals surface area contributed by atoms with Crippen molar-refractivity contribution in [3.63, 3.8) is 0 Å². The van der Waals surface area contributed by atoms with E-state index in [0.717, 1.165) is 38.3 Å². The second-order valence-corrected chi connectivity index (χ2v) is 6.57. The first-order chi connectivity index (χ1) is 11.3. The first-order valence-corrected chi connectivity index (χ1v) is 8.45. The molecular formula is C20H23N2OY-. The molecule has 2 unspecified atom stereocenters. The van der Waals surface area contributed by atoms with E-state index < -0.39 is 0 Å². The van der Waals surface area contributed by atoms with Gasteiger partial charge in [0.15, 0.2) is 0 Å². The average molecular weight is 396 g/mol. The van der Waals surface area contributed by atoms with Gasteiger partial charge in [0, 0.05) is 64.6 Å². The normalized spacial score (nSPS) is 24.5. The van der Waals surface area contributed by atoms with E-state index in [9.17, 15) is 0 Å². The number of rotatable bonds is 2. The van der Waals surface area contributed by atoms with Gasteiger partial charge in [-0.1, -0.05) is 35.9 Å². The standard InChI is InChI=1S/C20H23N2O.Y/c1-21-11-13-22(14-12-21)20-15-18(16-7-3-2-4-8-16)17-9-5-6-10-19(17)23-20;/h2-4,6-10,18,20H,11-15H2,1H3;/q-1;. The summed E-state index contributed by atoms with van der Waals surface area (Å²) in [5.74, 6) is 1.41. The van der Waals surface area contributed by atoms with Gasteiger partial charge in [0.05, 0.1) is 0 Å². The minimum absolute atomic E-state index is 0. The zero-order valence-electron chi connectivity index (χ0n) is 14.2. The maximum Gasteiger partial charge on any atom is 0.149 e. The zero-order valence-corrected chi connectivity index (χ0v) is 17.0. The number of hydrogen-bond acceptors (Lipinski definition) is 3. The molecule has 2 aliphatic heterocycles. The van der Waals surface area contributed by atoms with Crippen molar-refractivity contribution in [1.29, 1.82) is 0 Å². The third kappa shape index (κ3) is 3.75. The maximum atomic E-state index is 6.35. The third-order valence-corrected chi connectivity index (χ3v) is 5.08. The predicted molar refractivity (Wildman–Crippen MR) is 91.7 cm³/mol. The average Bonchev–Trinajstić information content (AvgIpc) is 2.62. The fourth-order valence-electron chi connectivity index (χ4n) is 3.67. The van der Waals surface area contributed by atoms with Gasteiger partial charge in [0.25, 0.3) is 0 Å². The van der Waals surface area contributed by atoms with Gasteiger partial charge >= 0.3 is 0 Å². The fraction of sp³-hybridized carbons (Fsp3) is 0.400. The molecule has 0 spiro atoms. The summed E-state index contributed by atoms with van der Waals surface area (Å²) in [4.78, 5) is 4.88. The first kappa shape index (κ1) is 18.1. The molecule has 2 heterocycles. The van der Waals surface area contributed by atoms with Crippen LogP contribution in [0.15, 0.2) is 48.5 Å². The van der Waals surface area contributed by atoms with Crippen molar-refractivity contribution >= 4 is 0 Å². The molecule has 0 aliphatic carbocycles. The summed E-state index contributed by atoms with van der Waals surface area (Å²) in [6.07, 6.45) is 1.18. The molecule has 24 heavy (non-hydrogen) atoms. The van der Waals surface area contributed by atoms with Crippen LogP contribution in [-0.4, -0.2) is 49.3 Å². The van der Waals surface area contributed by atoms with Gasteiger partial charge in [-0.2, -0.15) is 18.2 Å². The van der Waals surface area contributed by atoms with E-state index >= 15 is 0 Å². The van der Waals surface area contributed by atoms with E-state index in [1.165, 1.54) is 11.1 Å². The smallest absolute Gasteiger partial charge is 0.149 e. The van der Waals surface area contributed by atoms with Crippen LogP contribution in [0.5, 0.6) is 5.75 Å². The molecule has 0 amide bonds. The van der Waals surface area contributed by atoms with Crippen LogP contribution in [0.4, 0.5) is 0 Å². The molecule has 4 heteroatoms. The van der Waals surface area contributed by atoms with Crippen LogP contribution in [0, 0.1) is 6.07 Å². The summed E-state index contributed by atoms with van der Waals surface area (Å²) < 4.78 is 6.35. The summed E-state index contributed by atoms with van der Waals surface area (Å²) >= 11 is 0. The van der Waals surface area contributed by atoms with Gasteiger partial charge in [-0.25, -0.2) is 0 Å². The molecule has 0 aromatic heterocycles. The Morgan fingerprint density at radius 2 is 1.79 bits per heavy atom. The quantitative estimate of drug-likeness (QED) is 0.726. The van der Waals surface area contributed by atoms with Crippen molar-refractivity contribution in [3.05, 3.63) is 65.7 Å². The Bertz CT molecular complexity index is 656. The number of nitrogens with zero attached hydrogens (tertiary/aromatic N) is 2. The van der Waals surface area contributed by atoms with Gasteiger partial charge in [-0.05, 0) is 19.4 Å². The molecule has 2 aromatic carbocycles. The molecule has 0 bridgehead atoms. The largest absolute Gasteiger partial charge is 0.500 e. The molecule has 123 valence electrons. The molecule has 4 rings (SSSR count). The molecule has 3 nitrogen and oxygen atoms in total. The maximum absolute atomic E-state index is 6.35. The molecule has 2 atom stereocenters. The van der Waals surface area contributed by atoms with Crippen molar-refractivity contribution in [1.82, 2.24) is 9.80 Å². The van der Waals surface area contributed by atoms with Crippen LogP contribution in [0.2, 0.25) is 0 Å². The molecule has 1 saturated heterocycles. The van der Waals surface area contributed by atoms with Gasteiger partial charge in [0.1, 0.15) is 6.23 Å².